The van der Waals surface area contributed by atoms with Gasteiger partial charge in [0.05, 0.1) is 23.5 Å². The third kappa shape index (κ3) is 2.58. The lowest BCUT2D eigenvalue weighted by Gasteiger charge is -2.17. The highest BCUT2D eigenvalue weighted by molar-refractivity contribution is 5.51. The Hall–Kier alpha value is -2.27. The molecule has 76 valence electrons. The molecule has 0 saturated heterocycles. The van der Waals surface area contributed by atoms with Gasteiger partial charge in [-0.05, 0) is 19.1 Å². The van der Waals surface area contributed by atoms with E-state index >= 15 is 0 Å². The standard InChI is InChI=1S/C10H11N5/c1-8-9(13)2-3-10(14-8)15(6-4-11)7-5-12/h2-3H,6-7,13H2,1H3. The Morgan fingerprint density at radius 1 is 1.33 bits per heavy atom. The third-order valence-electron chi connectivity index (χ3n) is 1.96. The highest BCUT2D eigenvalue weighted by Gasteiger charge is 2.07. The van der Waals surface area contributed by atoms with Crippen molar-refractivity contribution in [1.82, 2.24) is 4.98 Å². The number of nitrogens with two attached hydrogens (primary N) is 1. The summed E-state index contributed by atoms with van der Waals surface area (Å²) in [5, 5.41) is 17.2. The average Bonchev–Trinajstić information content (AvgIpc) is 2.22. The van der Waals surface area contributed by atoms with Crippen molar-refractivity contribution in [3.05, 3.63) is 17.8 Å². The summed E-state index contributed by atoms with van der Waals surface area (Å²) >= 11 is 0. The topological polar surface area (TPSA) is 89.7 Å². The van der Waals surface area contributed by atoms with Gasteiger partial charge in [0.25, 0.3) is 0 Å². The highest BCUT2D eigenvalue weighted by atomic mass is 15.2. The van der Waals surface area contributed by atoms with E-state index in [0.717, 1.165) is 0 Å². The van der Waals surface area contributed by atoms with E-state index in [1.807, 2.05) is 12.1 Å². The minimum Gasteiger partial charge on any atom is -0.397 e. The van der Waals surface area contributed by atoms with Crippen LogP contribution in [0.5, 0.6) is 0 Å². The first-order chi connectivity index (χ1) is 7.19. The number of aromatic nitrogens is 1. The Kier molecular flexibility index (Phi) is 3.48. The van der Waals surface area contributed by atoms with Crippen molar-refractivity contribution in [2.24, 2.45) is 0 Å². The van der Waals surface area contributed by atoms with Crippen LogP contribution in [0.4, 0.5) is 11.5 Å². The van der Waals surface area contributed by atoms with E-state index in [1.165, 1.54) is 0 Å². The molecule has 1 rings (SSSR count). The summed E-state index contributed by atoms with van der Waals surface area (Å²) in [5.41, 5.74) is 6.93. The third-order valence-corrected chi connectivity index (χ3v) is 1.96. The number of pyridine rings is 1. The summed E-state index contributed by atoms with van der Waals surface area (Å²) in [4.78, 5) is 5.80. The summed E-state index contributed by atoms with van der Waals surface area (Å²) in [5.74, 6) is 0.602. The van der Waals surface area contributed by atoms with Crippen molar-refractivity contribution in [3.8, 4) is 12.1 Å². The first-order valence-electron chi connectivity index (χ1n) is 4.41. The molecular weight excluding hydrogens is 190 g/mol. The molecule has 1 aromatic heterocycles. The maximum atomic E-state index is 8.59. The van der Waals surface area contributed by atoms with Crippen molar-refractivity contribution in [3.63, 3.8) is 0 Å². The van der Waals surface area contributed by atoms with Gasteiger partial charge in [-0.25, -0.2) is 4.98 Å². The Bertz CT molecular complexity index is 410. The van der Waals surface area contributed by atoms with Crippen LogP contribution in [0.3, 0.4) is 0 Å². The van der Waals surface area contributed by atoms with E-state index in [4.69, 9.17) is 16.3 Å². The van der Waals surface area contributed by atoms with Crippen LogP contribution < -0.4 is 10.6 Å². The van der Waals surface area contributed by atoms with Gasteiger partial charge in [-0.3, -0.25) is 0 Å². The minimum atomic E-state index is 0.143. The van der Waals surface area contributed by atoms with E-state index in [1.54, 1.807) is 24.0 Å². The van der Waals surface area contributed by atoms with Crippen LogP contribution in [0.15, 0.2) is 12.1 Å². The molecule has 5 heteroatoms. The molecule has 2 N–H and O–H groups in total. The summed E-state index contributed by atoms with van der Waals surface area (Å²) in [6.07, 6.45) is 0. The molecule has 0 bridgehead atoms. The van der Waals surface area contributed by atoms with Gasteiger partial charge >= 0.3 is 0 Å². The van der Waals surface area contributed by atoms with Crippen LogP contribution in [0.1, 0.15) is 5.69 Å². The first kappa shape index (κ1) is 10.8. The molecule has 0 aliphatic heterocycles. The number of nitrogens with zero attached hydrogens (tertiary/aromatic N) is 4. The molecule has 0 fully saturated rings. The van der Waals surface area contributed by atoms with Crippen molar-refractivity contribution < 1.29 is 0 Å². The molecule has 1 aromatic rings. The highest BCUT2D eigenvalue weighted by Crippen LogP contribution is 2.15. The lowest BCUT2D eigenvalue weighted by atomic mass is 10.3. The number of nitriles is 2. The minimum absolute atomic E-state index is 0.143. The predicted molar refractivity (Wildman–Crippen MR) is 56.8 cm³/mol. The zero-order valence-electron chi connectivity index (χ0n) is 8.44. The van der Waals surface area contributed by atoms with E-state index in [-0.39, 0.29) is 13.1 Å². The zero-order valence-corrected chi connectivity index (χ0v) is 8.44. The van der Waals surface area contributed by atoms with E-state index in [2.05, 4.69) is 4.98 Å². The Balaban J connectivity index is 2.97. The van der Waals surface area contributed by atoms with Crippen LogP contribution in [0.25, 0.3) is 0 Å². The van der Waals surface area contributed by atoms with Gasteiger partial charge in [0.15, 0.2) is 0 Å². The van der Waals surface area contributed by atoms with E-state index < -0.39 is 0 Å². The summed E-state index contributed by atoms with van der Waals surface area (Å²) in [6, 6.07) is 7.40. The van der Waals surface area contributed by atoms with E-state index in [9.17, 15) is 0 Å². The fraction of sp³-hybridized carbons (Fsp3) is 0.300. The van der Waals surface area contributed by atoms with Crippen LogP contribution in [0.2, 0.25) is 0 Å². The summed E-state index contributed by atoms with van der Waals surface area (Å²) in [7, 11) is 0. The number of hydrogen-bond donors (Lipinski definition) is 1. The molecule has 0 amide bonds. The van der Waals surface area contributed by atoms with Gasteiger partial charge in [0.1, 0.15) is 18.9 Å². The van der Waals surface area contributed by atoms with Crippen molar-refractivity contribution in [2.45, 2.75) is 6.92 Å². The van der Waals surface area contributed by atoms with Gasteiger partial charge in [0, 0.05) is 0 Å². The Morgan fingerprint density at radius 3 is 2.40 bits per heavy atom. The maximum absolute atomic E-state index is 8.59. The Labute approximate surface area is 88.4 Å². The van der Waals surface area contributed by atoms with Crippen molar-refractivity contribution in [2.75, 3.05) is 23.7 Å². The molecule has 0 aliphatic carbocycles. The van der Waals surface area contributed by atoms with Crippen LogP contribution in [0, 0.1) is 29.6 Å². The number of hydrogen-bond acceptors (Lipinski definition) is 5. The molecule has 1 heterocycles. The molecule has 0 unspecified atom stereocenters. The Morgan fingerprint density at radius 2 is 1.93 bits per heavy atom. The van der Waals surface area contributed by atoms with Crippen LogP contribution in [-0.4, -0.2) is 18.1 Å². The maximum Gasteiger partial charge on any atom is 0.130 e. The molecule has 0 atom stereocenters. The molecular formula is C10H11N5. The second-order valence-corrected chi connectivity index (χ2v) is 3.02. The fourth-order valence-electron chi connectivity index (χ4n) is 1.12. The van der Waals surface area contributed by atoms with Gasteiger partial charge in [-0.2, -0.15) is 10.5 Å². The average molecular weight is 201 g/mol. The number of anilines is 2. The van der Waals surface area contributed by atoms with Gasteiger partial charge in [-0.1, -0.05) is 0 Å². The SMILES string of the molecule is Cc1nc(N(CC#N)CC#N)ccc1N. The first-order valence-corrected chi connectivity index (χ1v) is 4.41. The zero-order chi connectivity index (χ0) is 11.3. The lowest BCUT2D eigenvalue weighted by molar-refractivity contribution is 0.929. The normalized spacial score (nSPS) is 9.00. The molecule has 0 radical (unpaired) electrons. The number of aryl methyl sites for hydroxylation is 1. The van der Waals surface area contributed by atoms with Gasteiger partial charge in [0.2, 0.25) is 0 Å². The predicted octanol–water partition coefficient (Wildman–Crippen LogP) is 0.826. The van der Waals surface area contributed by atoms with Crippen LogP contribution >= 0.6 is 0 Å². The summed E-state index contributed by atoms with van der Waals surface area (Å²) < 4.78 is 0. The van der Waals surface area contributed by atoms with Crippen LogP contribution in [-0.2, 0) is 0 Å². The molecule has 15 heavy (non-hydrogen) atoms. The molecule has 0 spiro atoms. The smallest absolute Gasteiger partial charge is 0.130 e. The fourth-order valence-corrected chi connectivity index (χ4v) is 1.12. The second-order valence-electron chi connectivity index (χ2n) is 3.02. The number of rotatable bonds is 3. The van der Waals surface area contributed by atoms with Gasteiger partial charge < -0.3 is 10.6 Å². The van der Waals surface area contributed by atoms with Gasteiger partial charge in [-0.15, -0.1) is 0 Å². The van der Waals surface area contributed by atoms with Crippen molar-refractivity contribution in [1.29, 1.82) is 10.5 Å². The largest absolute Gasteiger partial charge is 0.397 e. The number of nitrogen functional groups attached to an aromatic ring is 1. The monoisotopic (exact) mass is 201 g/mol. The lowest BCUT2D eigenvalue weighted by Crippen LogP contribution is -2.25. The second kappa shape index (κ2) is 4.83. The van der Waals surface area contributed by atoms with E-state index in [0.29, 0.717) is 17.2 Å². The summed E-state index contributed by atoms with van der Waals surface area (Å²) in [6.45, 7) is 2.07. The molecule has 0 aliphatic rings. The molecule has 0 saturated carbocycles. The molecule has 5 nitrogen and oxygen atoms in total. The quantitative estimate of drug-likeness (QED) is 0.731. The molecule has 0 aromatic carbocycles. The van der Waals surface area contributed by atoms with Crippen molar-refractivity contribution >= 4 is 11.5 Å².